The van der Waals surface area contributed by atoms with Gasteiger partial charge in [0.2, 0.25) is 5.88 Å². The van der Waals surface area contributed by atoms with Gasteiger partial charge in [-0.1, -0.05) is 43.3 Å². The van der Waals surface area contributed by atoms with Crippen LogP contribution in [0.15, 0.2) is 48.7 Å². The Balaban J connectivity index is 1.92. The highest BCUT2D eigenvalue weighted by Crippen LogP contribution is 2.08. The maximum absolute atomic E-state index is 12.4. The normalized spacial score (nSPS) is 10.2. The molecule has 23 heavy (non-hydrogen) atoms. The maximum Gasteiger partial charge on any atom is 0.317 e. The molecule has 1 N–H and O–H groups in total. The van der Waals surface area contributed by atoms with Gasteiger partial charge in [0.1, 0.15) is 0 Å². The van der Waals surface area contributed by atoms with Crippen LogP contribution in [0.25, 0.3) is 0 Å². The summed E-state index contributed by atoms with van der Waals surface area (Å²) in [4.78, 5) is 18.4. The molecule has 0 spiro atoms. The van der Waals surface area contributed by atoms with E-state index in [2.05, 4.69) is 17.2 Å². The van der Waals surface area contributed by atoms with Crippen LogP contribution in [0.3, 0.4) is 0 Å². The first-order valence-electron chi connectivity index (χ1n) is 7.78. The number of carbonyl (C=O) groups is 1. The molecule has 0 saturated heterocycles. The van der Waals surface area contributed by atoms with Crippen LogP contribution in [0, 0.1) is 0 Å². The predicted octanol–water partition coefficient (Wildman–Crippen LogP) is 3.21. The molecule has 1 aromatic carbocycles. The second kappa shape index (κ2) is 8.78. The van der Waals surface area contributed by atoms with Gasteiger partial charge >= 0.3 is 6.03 Å². The van der Waals surface area contributed by atoms with Crippen LogP contribution in [0.1, 0.15) is 24.5 Å². The van der Waals surface area contributed by atoms with E-state index in [1.54, 1.807) is 19.4 Å². The van der Waals surface area contributed by atoms with Gasteiger partial charge in [-0.3, -0.25) is 0 Å². The summed E-state index contributed by atoms with van der Waals surface area (Å²) in [6.07, 6.45) is 2.63. The van der Waals surface area contributed by atoms with Crippen molar-refractivity contribution in [3.8, 4) is 5.88 Å². The van der Waals surface area contributed by atoms with Gasteiger partial charge in [0, 0.05) is 31.9 Å². The molecule has 0 saturated carbocycles. The molecule has 2 rings (SSSR count). The molecule has 2 amide bonds. The quantitative estimate of drug-likeness (QED) is 0.854. The summed E-state index contributed by atoms with van der Waals surface area (Å²) < 4.78 is 5.02. The van der Waals surface area contributed by atoms with Crippen LogP contribution in [-0.2, 0) is 13.1 Å². The highest BCUT2D eigenvalue weighted by Gasteiger charge is 2.12. The number of methoxy groups -OCH3 is 1. The van der Waals surface area contributed by atoms with Crippen molar-refractivity contribution in [2.45, 2.75) is 26.4 Å². The number of aromatic nitrogens is 1. The molecule has 0 radical (unpaired) electrons. The number of rotatable bonds is 7. The summed E-state index contributed by atoms with van der Waals surface area (Å²) in [5.74, 6) is 0.566. The zero-order valence-corrected chi connectivity index (χ0v) is 13.7. The standard InChI is InChI=1S/C18H23N3O2/c1-3-11-21(14-15-7-5-4-6-8-15)18(22)20-13-16-9-10-17(23-2)19-12-16/h4-10,12H,3,11,13-14H2,1-2H3,(H,20,22). The number of ether oxygens (including phenoxy) is 1. The van der Waals surface area contributed by atoms with E-state index in [9.17, 15) is 4.79 Å². The van der Waals surface area contributed by atoms with Crippen molar-refractivity contribution in [2.24, 2.45) is 0 Å². The highest BCUT2D eigenvalue weighted by atomic mass is 16.5. The number of amides is 2. The molecule has 0 aliphatic heterocycles. The number of urea groups is 1. The van der Waals surface area contributed by atoms with Gasteiger partial charge in [0.25, 0.3) is 0 Å². The van der Waals surface area contributed by atoms with E-state index in [4.69, 9.17) is 4.74 Å². The zero-order valence-electron chi connectivity index (χ0n) is 13.7. The van der Waals surface area contributed by atoms with Gasteiger partial charge in [-0.15, -0.1) is 0 Å². The van der Waals surface area contributed by atoms with Crippen molar-refractivity contribution >= 4 is 6.03 Å². The molecule has 0 atom stereocenters. The van der Waals surface area contributed by atoms with Crippen LogP contribution in [0.5, 0.6) is 5.88 Å². The van der Waals surface area contributed by atoms with Crippen molar-refractivity contribution in [3.63, 3.8) is 0 Å². The van der Waals surface area contributed by atoms with Gasteiger partial charge in [-0.2, -0.15) is 0 Å². The lowest BCUT2D eigenvalue weighted by Gasteiger charge is -2.22. The third-order valence-corrected chi connectivity index (χ3v) is 3.45. The van der Waals surface area contributed by atoms with Gasteiger partial charge < -0.3 is 15.0 Å². The second-order valence-electron chi connectivity index (χ2n) is 5.27. The fourth-order valence-electron chi connectivity index (χ4n) is 2.25. The largest absolute Gasteiger partial charge is 0.481 e. The first-order valence-corrected chi connectivity index (χ1v) is 7.78. The fraction of sp³-hybridized carbons (Fsp3) is 0.333. The smallest absolute Gasteiger partial charge is 0.317 e. The van der Waals surface area contributed by atoms with Crippen LogP contribution in [-0.4, -0.2) is 29.6 Å². The average molecular weight is 313 g/mol. The van der Waals surface area contributed by atoms with Gasteiger partial charge in [0.05, 0.1) is 7.11 Å². The first-order chi connectivity index (χ1) is 11.2. The molecule has 0 aliphatic rings. The third-order valence-electron chi connectivity index (χ3n) is 3.45. The summed E-state index contributed by atoms with van der Waals surface area (Å²) in [7, 11) is 1.58. The van der Waals surface area contributed by atoms with Crippen molar-refractivity contribution in [2.75, 3.05) is 13.7 Å². The Hall–Kier alpha value is -2.56. The topological polar surface area (TPSA) is 54.5 Å². The lowest BCUT2D eigenvalue weighted by molar-refractivity contribution is 0.194. The summed E-state index contributed by atoms with van der Waals surface area (Å²) >= 11 is 0. The number of nitrogens with zero attached hydrogens (tertiary/aromatic N) is 2. The van der Waals surface area contributed by atoms with E-state index >= 15 is 0 Å². The van der Waals surface area contributed by atoms with E-state index in [0.29, 0.717) is 19.0 Å². The molecule has 122 valence electrons. The highest BCUT2D eigenvalue weighted by molar-refractivity contribution is 5.74. The number of hydrogen-bond donors (Lipinski definition) is 1. The third kappa shape index (κ3) is 5.29. The Labute approximate surface area is 137 Å². The molecule has 2 aromatic rings. The van der Waals surface area contributed by atoms with Gasteiger partial charge in [0.15, 0.2) is 0 Å². The van der Waals surface area contributed by atoms with Crippen molar-refractivity contribution in [3.05, 3.63) is 59.8 Å². The zero-order chi connectivity index (χ0) is 16.5. The molecule has 5 nitrogen and oxygen atoms in total. The molecule has 1 aromatic heterocycles. The summed E-state index contributed by atoms with van der Waals surface area (Å²) in [6, 6.07) is 13.6. The maximum atomic E-state index is 12.4. The van der Waals surface area contributed by atoms with E-state index in [1.807, 2.05) is 41.3 Å². The fourth-order valence-corrected chi connectivity index (χ4v) is 2.25. The average Bonchev–Trinajstić information content (AvgIpc) is 2.60. The Morgan fingerprint density at radius 3 is 2.57 bits per heavy atom. The van der Waals surface area contributed by atoms with Crippen molar-refractivity contribution in [1.82, 2.24) is 15.2 Å². The first kappa shape index (κ1) is 16.8. The van der Waals surface area contributed by atoms with E-state index in [0.717, 1.165) is 24.1 Å². The van der Waals surface area contributed by atoms with E-state index in [1.165, 1.54) is 0 Å². The van der Waals surface area contributed by atoms with Crippen LogP contribution in [0.2, 0.25) is 0 Å². The van der Waals surface area contributed by atoms with E-state index in [-0.39, 0.29) is 6.03 Å². The lowest BCUT2D eigenvalue weighted by Crippen LogP contribution is -2.39. The van der Waals surface area contributed by atoms with Crippen molar-refractivity contribution in [1.29, 1.82) is 0 Å². The Bertz CT molecular complexity index is 599. The number of pyridine rings is 1. The molecule has 0 aliphatic carbocycles. The molecule has 0 bridgehead atoms. The molecule has 5 heteroatoms. The Morgan fingerprint density at radius 2 is 1.96 bits per heavy atom. The number of nitrogens with one attached hydrogen (secondary N) is 1. The molecule has 0 unspecified atom stereocenters. The minimum Gasteiger partial charge on any atom is -0.481 e. The van der Waals surface area contributed by atoms with Crippen LogP contribution in [0.4, 0.5) is 4.79 Å². The van der Waals surface area contributed by atoms with Crippen LogP contribution < -0.4 is 10.1 Å². The number of carbonyl (C=O) groups excluding carboxylic acids is 1. The second-order valence-corrected chi connectivity index (χ2v) is 5.27. The summed E-state index contributed by atoms with van der Waals surface area (Å²) in [5.41, 5.74) is 2.07. The minimum atomic E-state index is -0.0634. The molecular formula is C18H23N3O2. The molecule has 0 fully saturated rings. The number of benzene rings is 1. The molecule has 1 heterocycles. The predicted molar refractivity (Wildman–Crippen MR) is 90.2 cm³/mol. The van der Waals surface area contributed by atoms with E-state index < -0.39 is 0 Å². The summed E-state index contributed by atoms with van der Waals surface area (Å²) in [6.45, 7) is 3.85. The van der Waals surface area contributed by atoms with Gasteiger partial charge in [-0.25, -0.2) is 9.78 Å². The van der Waals surface area contributed by atoms with Crippen LogP contribution >= 0.6 is 0 Å². The SMILES string of the molecule is CCCN(Cc1ccccc1)C(=O)NCc1ccc(OC)nc1. The van der Waals surface area contributed by atoms with Gasteiger partial charge in [-0.05, 0) is 17.5 Å². The number of hydrogen-bond acceptors (Lipinski definition) is 3. The molecular weight excluding hydrogens is 290 g/mol. The summed E-state index contributed by atoms with van der Waals surface area (Å²) in [5, 5.41) is 2.95. The Kier molecular flexibility index (Phi) is 6.41. The lowest BCUT2D eigenvalue weighted by atomic mass is 10.2. The Morgan fingerprint density at radius 1 is 1.17 bits per heavy atom. The minimum absolute atomic E-state index is 0.0634. The van der Waals surface area contributed by atoms with Crippen molar-refractivity contribution < 1.29 is 9.53 Å². The monoisotopic (exact) mass is 313 g/mol.